The highest BCUT2D eigenvalue weighted by Gasteiger charge is 2.04. The lowest BCUT2D eigenvalue weighted by Crippen LogP contribution is -2.22. The fourth-order valence-corrected chi connectivity index (χ4v) is 2.18. The van der Waals surface area contributed by atoms with Gasteiger partial charge in [0.15, 0.2) is 0 Å². The van der Waals surface area contributed by atoms with E-state index in [4.69, 9.17) is 5.73 Å². The SMILES string of the molecule is CN(CCc1ccc(Br)cc1)c1ccnc(CCN)n1. The Bertz CT molecular complexity index is 542. The zero-order valence-electron chi connectivity index (χ0n) is 11.6. The van der Waals surface area contributed by atoms with Crippen molar-refractivity contribution in [1.29, 1.82) is 0 Å². The molecule has 0 spiro atoms. The summed E-state index contributed by atoms with van der Waals surface area (Å²) in [5.74, 6) is 1.75. The number of rotatable bonds is 6. The predicted octanol–water partition coefficient (Wildman–Crippen LogP) is 2.42. The molecule has 0 radical (unpaired) electrons. The maximum absolute atomic E-state index is 5.54. The topological polar surface area (TPSA) is 55.0 Å². The van der Waals surface area contributed by atoms with E-state index in [-0.39, 0.29) is 0 Å². The minimum Gasteiger partial charge on any atom is -0.359 e. The van der Waals surface area contributed by atoms with Crippen molar-refractivity contribution in [3.63, 3.8) is 0 Å². The number of aromatic nitrogens is 2. The summed E-state index contributed by atoms with van der Waals surface area (Å²) in [7, 11) is 2.05. The van der Waals surface area contributed by atoms with Crippen LogP contribution in [0.15, 0.2) is 41.0 Å². The van der Waals surface area contributed by atoms with Crippen LogP contribution in [0, 0.1) is 0 Å². The molecule has 1 aromatic carbocycles. The number of hydrogen-bond acceptors (Lipinski definition) is 4. The third-order valence-electron chi connectivity index (χ3n) is 3.10. The number of nitrogens with two attached hydrogens (primary N) is 1. The van der Waals surface area contributed by atoms with E-state index >= 15 is 0 Å². The summed E-state index contributed by atoms with van der Waals surface area (Å²) in [6.45, 7) is 1.49. The minimum absolute atomic E-state index is 0.575. The van der Waals surface area contributed by atoms with Crippen LogP contribution in [-0.4, -0.2) is 30.1 Å². The van der Waals surface area contributed by atoms with Gasteiger partial charge in [-0.05, 0) is 36.7 Å². The van der Waals surface area contributed by atoms with Crippen LogP contribution in [0.2, 0.25) is 0 Å². The largest absolute Gasteiger partial charge is 0.359 e. The molecule has 0 aliphatic carbocycles. The van der Waals surface area contributed by atoms with Crippen molar-refractivity contribution in [2.45, 2.75) is 12.8 Å². The predicted molar refractivity (Wildman–Crippen MR) is 85.9 cm³/mol. The van der Waals surface area contributed by atoms with Gasteiger partial charge in [0.1, 0.15) is 11.6 Å². The molecule has 5 heteroatoms. The number of anilines is 1. The van der Waals surface area contributed by atoms with Gasteiger partial charge in [0.2, 0.25) is 0 Å². The smallest absolute Gasteiger partial charge is 0.131 e. The van der Waals surface area contributed by atoms with Crippen molar-refractivity contribution >= 4 is 21.7 Å². The highest BCUT2D eigenvalue weighted by atomic mass is 79.9. The van der Waals surface area contributed by atoms with Gasteiger partial charge in [0, 0.05) is 30.7 Å². The summed E-state index contributed by atoms with van der Waals surface area (Å²) < 4.78 is 1.11. The summed E-state index contributed by atoms with van der Waals surface area (Å²) in [5, 5.41) is 0. The number of benzene rings is 1. The first kappa shape index (κ1) is 14.9. The summed E-state index contributed by atoms with van der Waals surface area (Å²) in [4.78, 5) is 10.9. The Labute approximate surface area is 128 Å². The second kappa shape index (κ2) is 7.36. The Morgan fingerprint density at radius 1 is 1.15 bits per heavy atom. The van der Waals surface area contributed by atoms with E-state index in [0.29, 0.717) is 13.0 Å². The first-order chi connectivity index (χ1) is 9.69. The second-order valence-corrected chi connectivity index (χ2v) is 5.58. The van der Waals surface area contributed by atoms with Crippen molar-refractivity contribution < 1.29 is 0 Å². The van der Waals surface area contributed by atoms with Gasteiger partial charge in [-0.25, -0.2) is 9.97 Å². The monoisotopic (exact) mass is 334 g/mol. The van der Waals surface area contributed by atoms with Gasteiger partial charge in [-0.3, -0.25) is 0 Å². The average Bonchev–Trinajstić information content (AvgIpc) is 2.47. The lowest BCUT2D eigenvalue weighted by molar-refractivity contribution is 0.820. The van der Waals surface area contributed by atoms with E-state index in [1.807, 2.05) is 13.1 Å². The Kier molecular flexibility index (Phi) is 5.49. The molecule has 4 nitrogen and oxygen atoms in total. The zero-order chi connectivity index (χ0) is 14.4. The number of nitrogens with zero attached hydrogens (tertiary/aromatic N) is 3. The molecular weight excluding hydrogens is 316 g/mol. The molecule has 2 rings (SSSR count). The summed E-state index contributed by atoms with van der Waals surface area (Å²) in [6.07, 6.45) is 3.50. The maximum atomic E-state index is 5.54. The second-order valence-electron chi connectivity index (χ2n) is 4.67. The molecule has 0 unspecified atom stereocenters. The van der Waals surface area contributed by atoms with Gasteiger partial charge in [-0.1, -0.05) is 28.1 Å². The van der Waals surface area contributed by atoms with Gasteiger partial charge in [-0.2, -0.15) is 0 Å². The van der Waals surface area contributed by atoms with Crippen molar-refractivity contribution in [1.82, 2.24) is 9.97 Å². The van der Waals surface area contributed by atoms with Crippen molar-refractivity contribution in [3.8, 4) is 0 Å². The Balaban J connectivity index is 1.95. The van der Waals surface area contributed by atoms with Crippen LogP contribution >= 0.6 is 15.9 Å². The highest BCUT2D eigenvalue weighted by molar-refractivity contribution is 9.10. The van der Waals surface area contributed by atoms with E-state index in [1.165, 1.54) is 5.56 Å². The lowest BCUT2D eigenvalue weighted by Gasteiger charge is -2.18. The molecule has 20 heavy (non-hydrogen) atoms. The average molecular weight is 335 g/mol. The molecule has 0 aliphatic heterocycles. The molecule has 106 valence electrons. The maximum Gasteiger partial charge on any atom is 0.131 e. The Hall–Kier alpha value is -1.46. The molecule has 0 bridgehead atoms. The van der Waals surface area contributed by atoms with Gasteiger partial charge in [0.25, 0.3) is 0 Å². The van der Waals surface area contributed by atoms with Gasteiger partial charge in [-0.15, -0.1) is 0 Å². The first-order valence-corrected chi connectivity index (χ1v) is 7.46. The molecule has 1 aromatic heterocycles. The van der Waals surface area contributed by atoms with Crippen LogP contribution in [0.1, 0.15) is 11.4 Å². The highest BCUT2D eigenvalue weighted by Crippen LogP contribution is 2.13. The quantitative estimate of drug-likeness (QED) is 0.881. The van der Waals surface area contributed by atoms with Gasteiger partial charge in [0.05, 0.1) is 0 Å². The van der Waals surface area contributed by atoms with Crippen LogP contribution in [0.5, 0.6) is 0 Å². The summed E-state index contributed by atoms with van der Waals surface area (Å²) in [6, 6.07) is 10.3. The van der Waals surface area contributed by atoms with Crippen LogP contribution in [0.4, 0.5) is 5.82 Å². The molecule has 0 amide bonds. The van der Waals surface area contributed by atoms with Crippen LogP contribution in [0.3, 0.4) is 0 Å². The van der Waals surface area contributed by atoms with Crippen LogP contribution in [0.25, 0.3) is 0 Å². The molecule has 0 fully saturated rings. The minimum atomic E-state index is 0.575. The van der Waals surface area contributed by atoms with Crippen LogP contribution < -0.4 is 10.6 Å². The van der Waals surface area contributed by atoms with E-state index in [2.05, 4.69) is 55.1 Å². The van der Waals surface area contributed by atoms with E-state index in [1.54, 1.807) is 6.20 Å². The first-order valence-electron chi connectivity index (χ1n) is 6.66. The number of likely N-dealkylation sites (N-methyl/N-ethyl adjacent to an activating group) is 1. The summed E-state index contributed by atoms with van der Waals surface area (Å²) >= 11 is 3.45. The van der Waals surface area contributed by atoms with Gasteiger partial charge < -0.3 is 10.6 Å². The zero-order valence-corrected chi connectivity index (χ0v) is 13.2. The third-order valence-corrected chi connectivity index (χ3v) is 3.63. The Morgan fingerprint density at radius 2 is 1.90 bits per heavy atom. The fraction of sp³-hybridized carbons (Fsp3) is 0.333. The van der Waals surface area contributed by atoms with Crippen molar-refractivity contribution in [3.05, 3.63) is 52.4 Å². The molecular formula is C15H19BrN4. The summed E-state index contributed by atoms with van der Waals surface area (Å²) in [5.41, 5.74) is 6.85. The van der Waals surface area contributed by atoms with E-state index in [0.717, 1.165) is 29.1 Å². The molecule has 0 aliphatic rings. The molecule has 1 heterocycles. The standard InChI is InChI=1S/C15H19BrN4/c1-20(11-8-12-2-4-13(16)5-3-12)15-7-10-18-14(19-15)6-9-17/h2-5,7,10H,6,8-9,11,17H2,1H3. The lowest BCUT2D eigenvalue weighted by atomic mass is 10.1. The molecule has 0 saturated heterocycles. The molecule has 0 atom stereocenters. The number of hydrogen-bond donors (Lipinski definition) is 1. The third kappa shape index (κ3) is 4.28. The normalized spacial score (nSPS) is 10.6. The number of halogens is 1. The van der Waals surface area contributed by atoms with Crippen LogP contribution in [-0.2, 0) is 12.8 Å². The van der Waals surface area contributed by atoms with Gasteiger partial charge >= 0.3 is 0 Å². The Morgan fingerprint density at radius 3 is 2.60 bits per heavy atom. The van der Waals surface area contributed by atoms with Crippen molar-refractivity contribution in [2.24, 2.45) is 5.73 Å². The molecule has 2 aromatic rings. The van der Waals surface area contributed by atoms with E-state index < -0.39 is 0 Å². The molecule has 2 N–H and O–H groups in total. The van der Waals surface area contributed by atoms with E-state index in [9.17, 15) is 0 Å². The van der Waals surface area contributed by atoms with Crippen molar-refractivity contribution in [2.75, 3.05) is 25.0 Å². The fourth-order valence-electron chi connectivity index (χ4n) is 1.91. The molecule has 0 saturated carbocycles.